The van der Waals surface area contributed by atoms with Gasteiger partial charge in [-0.15, -0.1) is 23.2 Å². The topological polar surface area (TPSA) is 123 Å². The van der Waals surface area contributed by atoms with E-state index in [-0.39, 0.29) is 24.5 Å². The van der Waals surface area contributed by atoms with Crippen LogP contribution in [0, 0.1) is 17.8 Å². The van der Waals surface area contributed by atoms with Crippen molar-refractivity contribution in [2.45, 2.75) is 28.5 Å². The minimum atomic E-state index is -1.92. The lowest BCUT2D eigenvalue weighted by Crippen LogP contribution is -2.60. The number of carbonyl (C=O) groups excluding carboxylic acids is 4. The van der Waals surface area contributed by atoms with Crippen LogP contribution in [-0.4, -0.2) is 64.5 Å². The number of hydrogen-bond donors (Lipinski definition) is 1. The van der Waals surface area contributed by atoms with Crippen LogP contribution >= 0.6 is 23.2 Å². The molecule has 6 atom stereocenters. The fraction of sp³-hybridized carbons (Fsp3) is 0.282. The smallest absolute Gasteiger partial charge is 0.253 e. The summed E-state index contributed by atoms with van der Waals surface area (Å²) >= 11 is 14.7. The average molecular weight is 723 g/mol. The van der Waals surface area contributed by atoms with Gasteiger partial charge in [-0.3, -0.25) is 29.0 Å². The van der Waals surface area contributed by atoms with Crippen molar-refractivity contribution in [2.24, 2.45) is 28.0 Å². The number of hydrogen-bond acceptors (Lipinski definition) is 8. The number of anilines is 2. The number of imide groups is 2. The van der Waals surface area contributed by atoms with E-state index in [0.717, 1.165) is 10.6 Å². The lowest BCUT2D eigenvalue weighted by molar-refractivity contribution is -0.138. The number of amides is 4. The Bertz CT molecular complexity index is 2220. The number of phenolic OH excluding ortho intramolecular Hbond substituents is 1. The third-order valence-electron chi connectivity index (χ3n) is 11.0. The number of halogens is 2. The minimum Gasteiger partial charge on any atom is -0.507 e. The standard InChI is InChI=1S/C39H33Cl2N5O5/c1-44(2)23-12-8-21(9-13-23)42-43-22-10-14-24(15-11-22)46-34(48)29-17-16-28-30(32(29)35(46)49)20-38(40)36(50)45(3)37(51)39(38,41)33(28)27-18-19-31(47)26-7-5-4-6-25(26)27/h4-16,18-19,29-30,32-33,47H,17,20H2,1-3H3/t29-,30+,32-,33-,38+,39-/m0/s1. The fourth-order valence-electron chi connectivity index (χ4n) is 8.50. The van der Waals surface area contributed by atoms with Gasteiger partial charge in [0.15, 0.2) is 9.75 Å². The molecule has 0 unspecified atom stereocenters. The van der Waals surface area contributed by atoms with E-state index in [0.29, 0.717) is 39.0 Å². The van der Waals surface area contributed by atoms with E-state index in [1.54, 1.807) is 42.5 Å². The van der Waals surface area contributed by atoms with Crippen molar-refractivity contribution in [2.75, 3.05) is 30.9 Å². The van der Waals surface area contributed by atoms with Crippen LogP contribution < -0.4 is 9.80 Å². The zero-order valence-corrected chi connectivity index (χ0v) is 29.5. The summed E-state index contributed by atoms with van der Waals surface area (Å²) in [6.45, 7) is 0. The Labute approximate surface area is 303 Å². The molecule has 0 aromatic heterocycles. The third kappa shape index (κ3) is 4.69. The van der Waals surface area contributed by atoms with Crippen molar-refractivity contribution in [3.63, 3.8) is 0 Å². The van der Waals surface area contributed by atoms with Crippen molar-refractivity contribution < 1.29 is 24.3 Å². The van der Waals surface area contributed by atoms with Crippen molar-refractivity contribution in [1.82, 2.24) is 4.90 Å². The number of fused-ring (bicyclic) bond motifs is 5. The average Bonchev–Trinajstić information content (AvgIpc) is 3.46. The van der Waals surface area contributed by atoms with Crippen molar-refractivity contribution >= 4 is 80.4 Å². The van der Waals surface area contributed by atoms with E-state index in [2.05, 4.69) is 10.2 Å². The zero-order valence-electron chi connectivity index (χ0n) is 28.0. The molecule has 1 N–H and O–H groups in total. The number of benzene rings is 4. The highest BCUT2D eigenvalue weighted by Crippen LogP contribution is 2.66. The second-order valence-electron chi connectivity index (χ2n) is 13.9. The van der Waals surface area contributed by atoms with Gasteiger partial charge in [0.2, 0.25) is 11.8 Å². The van der Waals surface area contributed by atoms with E-state index in [4.69, 9.17) is 23.2 Å². The monoisotopic (exact) mass is 721 g/mol. The molecule has 51 heavy (non-hydrogen) atoms. The molecule has 2 aliphatic carbocycles. The van der Waals surface area contributed by atoms with Crippen LogP contribution in [0.3, 0.4) is 0 Å². The highest BCUT2D eigenvalue weighted by molar-refractivity contribution is 6.53. The maximum Gasteiger partial charge on any atom is 0.253 e. The van der Waals surface area contributed by atoms with Crippen molar-refractivity contribution in [3.05, 3.63) is 102 Å². The van der Waals surface area contributed by atoms with Gasteiger partial charge >= 0.3 is 0 Å². The van der Waals surface area contributed by atoms with Crippen LogP contribution in [0.1, 0.15) is 24.3 Å². The highest BCUT2D eigenvalue weighted by Gasteiger charge is 2.76. The number of rotatable bonds is 5. The molecule has 8 rings (SSSR count). The molecule has 4 aliphatic rings. The van der Waals surface area contributed by atoms with Gasteiger partial charge in [0.1, 0.15) is 5.75 Å². The first-order valence-corrected chi connectivity index (χ1v) is 17.4. The van der Waals surface area contributed by atoms with Gasteiger partial charge < -0.3 is 10.0 Å². The third-order valence-corrected chi connectivity index (χ3v) is 12.4. The molecule has 4 aromatic rings. The summed E-state index contributed by atoms with van der Waals surface area (Å²) < 4.78 is 0. The Balaban J connectivity index is 1.15. The first-order valence-electron chi connectivity index (χ1n) is 16.6. The molecule has 4 amide bonds. The Morgan fingerprint density at radius 2 is 1.41 bits per heavy atom. The minimum absolute atomic E-state index is 0.0458. The number of alkyl halides is 2. The first-order chi connectivity index (χ1) is 24.4. The van der Waals surface area contributed by atoms with Crippen LogP contribution in [0.2, 0.25) is 0 Å². The number of likely N-dealkylation sites (tertiary alicyclic amines) is 1. The van der Waals surface area contributed by atoms with E-state index in [1.807, 2.05) is 61.5 Å². The maximum absolute atomic E-state index is 14.4. The predicted molar refractivity (Wildman–Crippen MR) is 195 cm³/mol. The van der Waals surface area contributed by atoms with Gasteiger partial charge in [0, 0.05) is 38.1 Å². The molecule has 4 aromatic carbocycles. The summed E-state index contributed by atoms with van der Waals surface area (Å²) in [5.41, 5.74) is 3.94. The Morgan fingerprint density at radius 3 is 2.06 bits per heavy atom. The second-order valence-corrected chi connectivity index (χ2v) is 15.1. The highest BCUT2D eigenvalue weighted by atomic mass is 35.5. The van der Waals surface area contributed by atoms with E-state index >= 15 is 0 Å². The largest absolute Gasteiger partial charge is 0.507 e. The predicted octanol–water partition coefficient (Wildman–Crippen LogP) is 7.22. The number of azo groups is 1. The SMILES string of the molecule is CN1C(=O)[C@]2(Cl)C[C@@H]3C(=CC[C@@H]4C(=O)N(c5ccc(N=Nc6ccc(N(C)C)cc6)cc5)C(=O)[C@@H]43)[C@H](c3ccc(O)c4ccccc34)[C@]2(Cl)C1=O. The Morgan fingerprint density at radius 1 is 0.784 bits per heavy atom. The second kappa shape index (κ2) is 11.7. The van der Waals surface area contributed by atoms with Gasteiger partial charge in [-0.2, -0.15) is 10.2 Å². The normalized spacial score (nSPS) is 28.7. The molecule has 0 bridgehead atoms. The van der Waals surface area contributed by atoms with Gasteiger partial charge in [0.25, 0.3) is 11.8 Å². The summed E-state index contributed by atoms with van der Waals surface area (Å²) in [5, 5.41) is 20.5. The molecule has 12 heteroatoms. The molecule has 2 heterocycles. The van der Waals surface area contributed by atoms with Gasteiger partial charge in [-0.25, -0.2) is 0 Å². The molecule has 2 aliphatic heterocycles. The molecular weight excluding hydrogens is 689 g/mol. The molecule has 2 saturated heterocycles. The van der Waals surface area contributed by atoms with Gasteiger partial charge in [-0.1, -0.05) is 42.0 Å². The molecule has 10 nitrogen and oxygen atoms in total. The quantitative estimate of drug-likeness (QED) is 0.101. The number of carbonyl (C=O) groups is 4. The lowest BCUT2D eigenvalue weighted by atomic mass is 9.56. The number of allylic oxidation sites excluding steroid dienone is 2. The van der Waals surface area contributed by atoms with E-state index in [1.165, 1.54) is 18.0 Å². The molecule has 0 radical (unpaired) electrons. The molecule has 3 fully saturated rings. The van der Waals surface area contributed by atoms with Crippen molar-refractivity contribution in [1.29, 1.82) is 0 Å². The number of aromatic hydroxyl groups is 1. The Hall–Kier alpha value is -5.06. The molecule has 0 spiro atoms. The van der Waals surface area contributed by atoms with Crippen LogP contribution in [0.15, 0.2) is 107 Å². The van der Waals surface area contributed by atoms with E-state index < -0.39 is 51.1 Å². The zero-order chi connectivity index (χ0) is 36.0. The van der Waals surface area contributed by atoms with Crippen LogP contribution in [-0.2, 0) is 19.2 Å². The molecule has 258 valence electrons. The Kier molecular flexibility index (Phi) is 7.63. The van der Waals surface area contributed by atoms with Crippen molar-refractivity contribution in [3.8, 4) is 5.75 Å². The lowest BCUT2D eigenvalue weighted by Gasteiger charge is -2.51. The van der Waals surface area contributed by atoms with E-state index in [9.17, 15) is 24.3 Å². The van der Waals surface area contributed by atoms with Crippen LogP contribution in [0.4, 0.5) is 22.7 Å². The number of phenols is 1. The summed E-state index contributed by atoms with van der Waals surface area (Å²) in [4.78, 5) is 56.6. The number of nitrogens with zero attached hydrogens (tertiary/aromatic N) is 5. The van der Waals surface area contributed by atoms with Crippen LogP contribution in [0.5, 0.6) is 5.75 Å². The first kappa shape index (κ1) is 33.1. The molecule has 1 saturated carbocycles. The van der Waals surface area contributed by atoms with Gasteiger partial charge in [0.05, 0.1) is 28.9 Å². The summed E-state index contributed by atoms with van der Waals surface area (Å²) in [6.07, 6.45) is 2.04. The summed E-state index contributed by atoms with van der Waals surface area (Å²) in [7, 11) is 5.28. The van der Waals surface area contributed by atoms with Crippen LogP contribution in [0.25, 0.3) is 10.8 Å². The van der Waals surface area contributed by atoms with Gasteiger partial charge in [-0.05, 0) is 84.3 Å². The fourth-order valence-corrected chi connectivity index (χ4v) is 9.51. The summed E-state index contributed by atoms with van der Waals surface area (Å²) in [6, 6.07) is 24.7. The maximum atomic E-state index is 14.4. The summed E-state index contributed by atoms with van der Waals surface area (Å²) in [5.74, 6) is -5.11. The molecular formula is C39H33Cl2N5O5.